The Morgan fingerprint density at radius 3 is 2.55 bits per heavy atom. The van der Waals surface area contributed by atoms with Gasteiger partial charge in [-0.3, -0.25) is 0 Å². The first-order valence-corrected chi connectivity index (χ1v) is 3.41. The molecular formula is C7H5ClF2O. The quantitative estimate of drug-likeness (QED) is 0.633. The zero-order chi connectivity index (χ0) is 8.27. The summed E-state index contributed by atoms with van der Waals surface area (Å²) in [5.74, 6) is -1.61. The van der Waals surface area contributed by atoms with Crippen LogP contribution in [0.4, 0.5) is 8.78 Å². The number of benzene rings is 1. The second kappa shape index (κ2) is 3.53. The van der Waals surface area contributed by atoms with Crippen LogP contribution in [0.2, 0.25) is 0 Å². The van der Waals surface area contributed by atoms with Gasteiger partial charge in [-0.25, -0.2) is 8.78 Å². The lowest BCUT2D eigenvalue weighted by Gasteiger charge is -2.00. The average Bonchev–Trinajstić information content (AvgIpc) is 1.98. The molecule has 0 heterocycles. The van der Waals surface area contributed by atoms with Crippen molar-refractivity contribution >= 4 is 11.6 Å². The van der Waals surface area contributed by atoms with Crippen LogP contribution in [0.5, 0.6) is 5.75 Å². The fraction of sp³-hybridized carbons (Fsp3) is 0.143. The molecule has 0 spiro atoms. The van der Waals surface area contributed by atoms with E-state index in [9.17, 15) is 8.78 Å². The van der Waals surface area contributed by atoms with E-state index in [0.29, 0.717) is 0 Å². The molecule has 0 fully saturated rings. The molecule has 0 bridgehead atoms. The number of alkyl halides is 1. The average molecular weight is 179 g/mol. The maximum absolute atomic E-state index is 12.4. The van der Waals surface area contributed by atoms with Crippen molar-refractivity contribution in [3.05, 3.63) is 29.8 Å². The van der Waals surface area contributed by atoms with E-state index in [1.54, 1.807) is 0 Å². The molecule has 60 valence electrons. The molecule has 0 atom stereocenters. The fourth-order valence-electron chi connectivity index (χ4n) is 0.630. The first-order valence-electron chi connectivity index (χ1n) is 2.88. The number of hydrogen-bond acceptors (Lipinski definition) is 1. The lowest BCUT2D eigenvalue weighted by atomic mass is 10.3. The summed E-state index contributed by atoms with van der Waals surface area (Å²) in [5, 5.41) is 0. The van der Waals surface area contributed by atoms with E-state index in [4.69, 9.17) is 16.3 Å². The van der Waals surface area contributed by atoms with E-state index in [1.165, 1.54) is 6.07 Å². The van der Waals surface area contributed by atoms with E-state index in [0.717, 1.165) is 12.1 Å². The third-order valence-electron chi connectivity index (χ3n) is 1.11. The molecule has 0 aliphatic carbocycles. The minimum absolute atomic E-state index is 0.0783. The Hall–Kier alpha value is -0.830. The Labute approximate surface area is 67.5 Å². The van der Waals surface area contributed by atoms with Crippen LogP contribution in [-0.4, -0.2) is 6.07 Å². The van der Waals surface area contributed by atoms with Crippen molar-refractivity contribution in [2.24, 2.45) is 0 Å². The van der Waals surface area contributed by atoms with Crippen LogP contribution in [0.3, 0.4) is 0 Å². The van der Waals surface area contributed by atoms with Crippen molar-refractivity contribution in [2.45, 2.75) is 0 Å². The van der Waals surface area contributed by atoms with E-state index in [-0.39, 0.29) is 11.8 Å². The van der Waals surface area contributed by atoms with Crippen molar-refractivity contribution in [2.75, 3.05) is 6.07 Å². The van der Waals surface area contributed by atoms with Gasteiger partial charge in [-0.05, 0) is 12.1 Å². The van der Waals surface area contributed by atoms with Crippen molar-refractivity contribution in [1.82, 2.24) is 0 Å². The molecule has 0 N–H and O–H groups in total. The smallest absolute Gasteiger partial charge is 0.162 e. The van der Waals surface area contributed by atoms with Crippen molar-refractivity contribution in [1.29, 1.82) is 0 Å². The van der Waals surface area contributed by atoms with Gasteiger partial charge in [0.05, 0.1) is 0 Å². The summed E-state index contributed by atoms with van der Waals surface area (Å²) in [6.45, 7) is 0. The van der Waals surface area contributed by atoms with Crippen LogP contribution in [0, 0.1) is 11.6 Å². The minimum Gasteiger partial charge on any atom is -0.478 e. The molecule has 1 nitrogen and oxygen atoms in total. The van der Waals surface area contributed by atoms with Gasteiger partial charge in [0.15, 0.2) is 17.7 Å². The summed E-state index contributed by atoms with van der Waals surface area (Å²) < 4.78 is 29.4. The van der Waals surface area contributed by atoms with Crippen molar-refractivity contribution < 1.29 is 13.5 Å². The molecule has 0 saturated carbocycles. The van der Waals surface area contributed by atoms with Crippen LogP contribution < -0.4 is 4.74 Å². The lowest BCUT2D eigenvalue weighted by molar-refractivity contribution is 0.382. The Morgan fingerprint density at radius 1 is 1.27 bits per heavy atom. The predicted molar refractivity (Wildman–Crippen MR) is 37.7 cm³/mol. The van der Waals surface area contributed by atoms with Gasteiger partial charge in [-0.1, -0.05) is 11.6 Å². The van der Waals surface area contributed by atoms with Gasteiger partial charge in [0.2, 0.25) is 0 Å². The molecule has 0 aromatic heterocycles. The second-order valence-electron chi connectivity index (χ2n) is 1.83. The third-order valence-corrected chi connectivity index (χ3v) is 1.22. The van der Waals surface area contributed by atoms with Gasteiger partial charge in [0.1, 0.15) is 5.75 Å². The lowest BCUT2D eigenvalue weighted by Crippen LogP contribution is -1.91. The summed E-state index contributed by atoms with van der Waals surface area (Å²) in [5.41, 5.74) is 0. The largest absolute Gasteiger partial charge is 0.478 e. The van der Waals surface area contributed by atoms with Crippen LogP contribution in [0.15, 0.2) is 18.2 Å². The molecule has 0 saturated heterocycles. The standard InChI is InChI=1S/C7H5ClF2O/c8-4-11-5-1-2-6(9)7(10)3-5/h1-3H,4H2. The van der Waals surface area contributed by atoms with Gasteiger partial charge in [-0.2, -0.15) is 0 Å². The molecule has 1 aromatic carbocycles. The Kier molecular flexibility index (Phi) is 2.65. The Bertz CT molecular complexity index is 252. The SMILES string of the molecule is Fc1ccc(OCCl)cc1F. The van der Waals surface area contributed by atoms with Crippen LogP contribution in [-0.2, 0) is 0 Å². The highest BCUT2D eigenvalue weighted by Crippen LogP contribution is 2.15. The van der Waals surface area contributed by atoms with E-state index in [2.05, 4.69) is 0 Å². The maximum atomic E-state index is 12.4. The number of rotatable bonds is 2. The molecule has 0 unspecified atom stereocenters. The van der Waals surface area contributed by atoms with Gasteiger partial charge in [0, 0.05) is 6.07 Å². The van der Waals surface area contributed by atoms with E-state index >= 15 is 0 Å². The van der Waals surface area contributed by atoms with Gasteiger partial charge >= 0.3 is 0 Å². The molecule has 0 radical (unpaired) electrons. The first kappa shape index (κ1) is 8.27. The van der Waals surface area contributed by atoms with E-state index < -0.39 is 11.6 Å². The molecular weight excluding hydrogens is 174 g/mol. The molecule has 1 rings (SSSR count). The van der Waals surface area contributed by atoms with Crippen molar-refractivity contribution in [3.8, 4) is 5.75 Å². The second-order valence-corrected chi connectivity index (χ2v) is 2.05. The first-order chi connectivity index (χ1) is 5.24. The molecule has 0 aliphatic rings. The highest BCUT2D eigenvalue weighted by atomic mass is 35.5. The molecule has 0 amide bonds. The summed E-state index contributed by atoms with van der Waals surface area (Å²) >= 11 is 5.19. The highest BCUT2D eigenvalue weighted by molar-refractivity contribution is 6.17. The molecule has 0 aliphatic heterocycles. The zero-order valence-electron chi connectivity index (χ0n) is 5.48. The topological polar surface area (TPSA) is 9.23 Å². The summed E-state index contributed by atoms with van der Waals surface area (Å²) in [6, 6.07) is 3.15. The van der Waals surface area contributed by atoms with E-state index in [1.807, 2.05) is 0 Å². The van der Waals surface area contributed by atoms with Crippen LogP contribution in [0.1, 0.15) is 0 Å². The monoisotopic (exact) mass is 178 g/mol. The van der Waals surface area contributed by atoms with Crippen LogP contribution in [0.25, 0.3) is 0 Å². The predicted octanol–water partition coefficient (Wildman–Crippen LogP) is 2.54. The van der Waals surface area contributed by atoms with Gasteiger partial charge < -0.3 is 4.74 Å². The molecule has 4 heteroatoms. The molecule has 11 heavy (non-hydrogen) atoms. The number of hydrogen-bond donors (Lipinski definition) is 0. The Balaban J connectivity index is 2.86. The third kappa shape index (κ3) is 2.05. The zero-order valence-corrected chi connectivity index (χ0v) is 6.24. The minimum atomic E-state index is -0.937. The highest BCUT2D eigenvalue weighted by Gasteiger charge is 2.01. The Morgan fingerprint density at radius 2 is 2.00 bits per heavy atom. The molecule has 1 aromatic rings. The van der Waals surface area contributed by atoms with Crippen molar-refractivity contribution in [3.63, 3.8) is 0 Å². The normalized spacial score (nSPS) is 9.73. The van der Waals surface area contributed by atoms with Gasteiger partial charge in [0.25, 0.3) is 0 Å². The fourth-order valence-corrected chi connectivity index (χ4v) is 0.756. The van der Waals surface area contributed by atoms with Gasteiger partial charge in [-0.15, -0.1) is 0 Å². The summed E-state index contributed by atoms with van der Waals surface area (Å²) in [4.78, 5) is 0. The van der Waals surface area contributed by atoms with Crippen LogP contribution >= 0.6 is 11.6 Å². The number of ether oxygens (including phenoxy) is 1. The summed E-state index contributed by atoms with van der Waals surface area (Å²) in [7, 11) is 0. The summed E-state index contributed by atoms with van der Waals surface area (Å²) in [6.07, 6.45) is 0. The number of halogens is 3. The maximum Gasteiger partial charge on any atom is 0.162 e.